The maximum atomic E-state index is 11.3. The zero-order chi connectivity index (χ0) is 12.1. The molecule has 1 aromatic heterocycles. The van der Waals surface area contributed by atoms with Crippen molar-refractivity contribution in [2.45, 2.75) is 19.6 Å². The minimum Gasteiger partial charge on any atom is -0.391 e. The number of rotatable bonds is 4. The van der Waals surface area contributed by atoms with Crippen molar-refractivity contribution in [3.05, 3.63) is 11.3 Å². The minimum absolute atomic E-state index is 0.440. The second-order valence-corrected chi connectivity index (χ2v) is 4.22. The maximum absolute atomic E-state index is 11.3. The fourth-order valence-electron chi connectivity index (χ4n) is 1.35. The zero-order valence-electron chi connectivity index (χ0n) is 10.0. The van der Waals surface area contributed by atoms with Crippen LogP contribution in [0.4, 0.5) is 4.79 Å². The van der Waals surface area contributed by atoms with E-state index in [4.69, 9.17) is 4.74 Å². The molecule has 0 radical (unpaired) electrons. The van der Waals surface area contributed by atoms with Gasteiger partial charge in [0.05, 0.1) is 5.69 Å². The molecule has 16 heavy (non-hydrogen) atoms. The quantitative estimate of drug-likeness (QED) is 0.874. The Balaban J connectivity index is 2.83. The molecule has 0 atom stereocenters. The van der Waals surface area contributed by atoms with Crippen LogP contribution in [0.15, 0.2) is 0 Å². The van der Waals surface area contributed by atoms with Crippen molar-refractivity contribution in [3.8, 4) is 5.88 Å². The van der Waals surface area contributed by atoms with Crippen LogP contribution >= 0.6 is 11.8 Å². The van der Waals surface area contributed by atoms with Crippen molar-refractivity contribution in [2.24, 2.45) is 7.05 Å². The van der Waals surface area contributed by atoms with Crippen molar-refractivity contribution >= 4 is 17.9 Å². The minimum atomic E-state index is -0.440. The number of nitrogens with zero attached hydrogens (tertiary/aromatic N) is 2. The summed E-state index contributed by atoms with van der Waals surface area (Å²) in [7, 11) is 1.77. The average molecular weight is 243 g/mol. The summed E-state index contributed by atoms with van der Waals surface area (Å²) < 4.78 is 6.78. The Hall–Kier alpha value is -1.17. The number of thioether (sulfide) groups is 1. The van der Waals surface area contributed by atoms with Crippen molar-refractivity contribution in [1.29, 1.82) is 0 Å². The van der Waals surface area contributed by atoms with Gasteiger partial charge < -0.3 is 10.1 Å². The lowest BCUT2D eigenvalue weighted by atomic mass is 10.3. The Kier molecular flexibility index (Phi) is 4.67. The number of aryl methyl sites for hydroxylation is 1. The third-order valence-electron chi connectivity index (χ3n) is 2.11. The largest absolute Gasteiger partial charge is 0.413 e. The summed E-state index contributed by atoms with van der Waals surface area (Å²) in [5.41, 5.74) is 1.87. The van der Waals surface area contributed by atoms with Crippen LogP contribution in [0.5, 0.6) is 5.88 Å². The first-order valence-corrected chi connectivity index (χ1v) is 6.46. The van der Waals surface area contributed by atoms with Gasteiger partial charge in [-0.2, -0.15) is 16.9 Å². The summed E-state index contributed by atoms with van der Waals surface area (Å²) in [6.07, 6.45) is 1.57. The summed E-state index contributed by atoms with van der Waals surface area (Å²) in [6, 6.07) is 0. The average Bonchev–Trinajstić information content (AvgIpc) is 2.47. The van der Waals surface area contributed by atoms with E-state index in [1.54, 1.807) is 23.5 Å². The van der Waals surface area contributed by atoms with Gasteiger partial charge in [0, 0.05) is 24.9 Å². The molecule has 90 valence electrons. The predicted octanol–water partition coefficient (Wildman–Crippen LogP) is 1.70. The van der Waals surface area contributed by atoms with Crippen LogP contribution in [0.25, 0.3) is 0 Å². The van der Waals surface area contributed by atoms with Crippen LogP contribution in [0.3, 0.4) is 0 Å². The molecule has 0 saturated carbocycles. The van der Waals surface area contributed by atoms with Crippen LogP contribution in [0, 0.1) is 6.92 Å². The number of carbonyl (C=O) groups is 1. The van der Waals surface area contributed by atoms with Crippen LogP contribution in [-0.2, 0) is 12.8 Å². The van der Waals surface area contributed by atoms with Gasteiger partial charge in [-0.3, -0.25) is 0 Å². The van der Waals surface area contributed by atoms with E-state index < -0.39 is 6.09 Å². The van der Waals surface area contributed by atoms with E-state index in [2.05, 4.69) is 10.4 Å². The fraction of sp³-hybridized carbons (Fsp3) is 0.600. The highest BCUT2D eigenvalue weighted by molar-refractivity contribution is 7.97. The number of nitrogens with one attached hydrogen (secondary N) is 1. The molecule has 0 saturated heterocycles. The molecule has 5 nitrogen and oxygen atoms in total. The van der Waals surface area contributed by atoms with E-state index in [1.165, 1.54) is 0 Å². The van der Waals surface area contributed by atoms with Gasteiger partial charge in [-0.15, -0.1) is 0 Å². The van der Waals surface area contributed by atoms with Crippen molar-refractivity contribution in [1.82, 2.24) is 15.1 Å². The van der Waals surface area contributed by atoms with Gasteiger partial charge in [0.15, 0.2) is 0 Å². The van der Waals surface area contributed by atoms with Gasteiger partial charge in [-0.1, -0.05) is 0 Å². The topological polar surface area (TPSA) is 56.1 Å². The third kappa shape index (κ3) is 2.91. The maximum Gasteiger partial charge on any atom is 0.413 e. The molecule has 0 bridgehead atoms. The monoisotopic (exact) mass is 243 g/mol. The lowest BCUT2D eigenvalue weighted by Crippen LogP contribution is -2.27. The Morgan fingerprint density at radius 2 is 2.31 bits per heavy atom. The van der Waals surface area contributed by atoms with E-state index in [-0.39, 0.29) is 0 Å². The molecule has 0 aliphatic rings. The molecule has 0 aromatic carbocycles. The lowest BCUT2D eigenvalue weighted by molar-refractivity contribution is 0.196. The number of hydrogen-bond acceptors (Lipinski definition) is 4. The van der Waals surface area contributed by atoms with E-state index in [9.17, 15) is 4.79 Å². The second-order valence-electron chi connectivity index (χ2n) is 3.35. The Labute approximate surface area is 99.5 Å². The Bertz CT molecular complexity index is 376. The molecule has 1 rings (SSSR count). The first-order chi connectivity index (χ1) is 7.60. The number of amides is 1. The Morgan fingerprint density at radius 3 is 2.88 bits per heavy atom. The van der Waals surface area contributed by atoms with Crippen LogP contribution in [0.2, 0.25) is 0 Å². The molecular weight excluding hydrogens is 226 g/mol. The highest BCUT2D eigenvalue weighted by Gasteiger charge is 2.15. The highest BCUT2D eigenvalue weighted by Crippen LogP contribution is 2.23. The lowest BCUT2D eigenvalue weighted by Gasteiger charge is -2.05. The standard InChI is InChI=1S/C10H17N3O2S/c1-5-11-10(14)15-9-7(2)8(6-16-4)12-13(9)3/h5-6H2,1-4H3,(H,11,14). The van der Waals surface area contributed by atoms with E-state index in [0.29, 0.717) is 12.4 Å². The van der Waals surface area contributed by atoms with E-state index in [0.717, 1.165) is 17.0 Å². The summed E-state index contributed by atoms with van der Waals surface area (Å²) in [5, 5.41) is 6.89. The summed E-state index contributed by atoms with van der Waals surface area (Å²) in [5.74, 6) is 1.33. The Morgan fingerprint density at radius 1 is 1.62 bits per heavy atom. The first-order valence-electron chi connectivity index (χ1n) is 5.07. The van der Waals surface area contributed by atoms with Gasteiger partial charge in [0.1, 0.15) is 0 Å². The number of hydrogen-bond donors (Lipinski definition) is 1. The molecular formula is C10H17N3O2S. The van der Waals surface area contributed by atoms with Crippen molar-refractivity contribution in [3.63, 3.8) is 0 Å². The molecule has 0 aliphatic heterocycles. The molecule has 1 amide bonds. The number of ether oxygens (including phenoxy) is 1. The van der Waals surface area contributed by atoms with Gasteiger partial charge >= 0.3 is 6.09 Å². The molecule has 0 aliphatic carbocycles. The van der Waals surface area contributed by atoms with Crippen LogP contribution < -0.4 is 10.1 Å². The third-order valence-corrected chi connectivity index (χ3v) is 2.67. The smallest absolute Gasteiger partial charge is 0.391 e. The molecule has 1 heterocycles. The van der Waals surface area contributed by atoms with E-state index in [1.807, 2.05) is 20.1 Å². The molecule has 6 heteroatoms. The van der Waals surface area contributed by atoms with Crippen molar-refractivity contribution < 1.29 is 9.53 Å². The molecule has 1 aromatic rings. The number of aromatic nitrogens is 2. The zero-order valence-corrected chi connectivity index (χ0v) is 10.8. The van der Waals surface area contributed by atoms with Crippen LogP contribution in [-0.4, -0.2) is 28.7 Å². The summed E-state index contributed by atoms with van der Waals surface area (Å²) >= 11 is 1.69. The SMILES string of the molecule is CCNC(=O)Oc1c(C)c(CSC)nn1C. The summed E-state index contributed by atoms with van der Waals surface area (Å²) in [4.78, 5) is 11.3. The molecule has 0 spiro atoms. The molecule has 0 fully saturated rings. The fourth-order valence-corrected chi connectivity index (χ4v) is 1.90. The van der Waals surface area contributed by atoms with Gasteiger partial charge in [-0.25, -0.2) is 9.48 Å². The van der Waals surface area contributed by atoms with Crippen LogP contribution in [0.1, 0.15) is 18.2 Å². The van der Waals surface area contributed by atoms with E-state index >= 15 is 0 Å². The second kappa shape index (κ2) is 5.79. The van der Waals surface area contributed by atoms with Gasteiger partial charge in [0.2, 0.25) is 5.88 Å². The molecule has 1 N–H and O–H groups in total. The van der Waals surface area contributed by atoms with Gasteiger partial charge in [0.25, 0.3) is 0 Å². The molecule has 0 unspecified atom stereocenters. The van der Waals surface area contributed by atoms with Gasteiger partial charge in [-0.05, 0) is 20.1 Å². The first kappa shape index (κ1) is 12.9. The normalized spacial score (nSPS) is 10.2. The summed E-state index contributed by atoms with van der Waals surface area (Å²) in [6.45, 7) is 4.30. The number of carbonyl (C=O) groups excluding carboxylic acids is 1. The predicted molar refractivity (Wildman–Crippen MR) is 64.9 cm³/mol. The van der Waals surface area contributed by atoms with Crippen molar-refractivity contribution in [2.75, 3.05) is 12.8 Å². The highest BCUT2D eigenvalue weighted by atomic mass is 32.2.